The molecule has 8 heteroatoms. The highest BCUT2D eigenvalue weighted by molar-refractivity contribution is 5.80. The standard InChI is InChI=1S/C24H26N6O2/c25-17-20-21(29-30(24(20)26)19-10-5-2-6-11-19)12-7-14-27-22(31)13-15-28-23(32)16-18-8-3-1-4-9-18/h1-6,8-11H,7,12-16,26H2,(H,27,31)(H,28,32). The molecule has 0 aliphatic rings. The van der Waals surface area contributed by atoms with Crippen LogP contribution in [0.2, 0.25) is 0 Å². The second-order valence-electron chi connectivity index (χ2n) is 7.28. The quantitative estimate of drug-likeness (QED) is 0.425. The van der Waals surface area contributed by atoms with E-state index >= 15 is 0 Å². The number of anilines is 1. The zero-order valence-corrected chi connectivity index (χ0v) is 17.8. The van der Waals surface area contributed by atoms with Crippen LogP contribution in [0.25, 0.3) is 5.69 Å². The number of amides is 2. The third kappa shape index (κ3) is 6.19. The summed E-state index contributed by atoms with van der Waals surface area (Å²) in [4.78, 5) is 23.9. The van der Waals surface area contributed by atoms with E-state index in [1.54, 1.807) is 4.68 Å². The van der Waals surface area contributed by atoms with Gasteiger partial charge in [0.1, 0.15) is 17.5 Å². The minimum Gasteiger partial charge on any atom is -0.382 e. The van der Waals surface area contributed by atoms with Crippen LogP contribution < -0.4 is 16.4 Å². The number of hydrogen-bond acceptors (Lipinski definition) is 5. The Labute approximate surface area is 187 Å². The molecule has 0 atom stereocenters. The van der Waals surface area contributed by atoms with Gasteiger partial charge in [0.05, 0.1) is 17.8 Å². The van der Waals surface area contributed by atoms with E-state index in [0.717, 1.165) is 11.3 Å². The Morgan fingerprint density at radius 2 is 1.62 bits per heavy atom. The monoisotopic (exact) mass is 430 g/mol. The van der Waals surface area contributed by atoms with Crippen LogP contribution in [0, 0.1) is 11.3 Å². The molecule has 164 valence electrons. The molecule has 3 aromatic rings. The Morgan fingerprint density at radius 3 is 2.31 bits per heavy atom. The Kier molecular flexibility index (Phi) is 7.98. The van der Waals surface area contributed by atoms with Gasteiger partial charge in [-0.1, -0.05) is 48.5 Å². The first-order valence-electron chi connectivity index (χ1n) is 10.5. The summed E-state index contributed by atoms with van der Waals surface area (Å²) in [7, 11) is 0. The molecule has 32 heavy (non-hydrogen) atoms. The number of nitrogens with two attached hydrogens (primary N) is 1. The van der Waals surface area contributed by atoms with Gasteiger partial charge in [-0.2, -0.15) is 10.4 Å². The third-order valence-electron chi connectivity index (χ3n) is 4.90. The molecule has 3 rings (SSSR count). The van der Waals surface area contributed by atoms with Crippen LogP contribution in [-0.2, 0) is 22.4 Å². The lowest BCUT2D eigenvalue weighted by Gasteiger charge is -2.07. The SMILES string of the molecule is N#Cc1c(CCCNC(=O)CCNC(=O)Cc2ccccc2)nn(-c2ccccc2)c1N. The fourth-order valence-corrected chi connectivity index (χ4v) is 3.27. The van der Waals surface area contributed by atoms with Crippen molar-refractivity contribution in [1.29, 1.82) is 5.26 Å². The molecule has 0 fully saturated rings. The zero-order valence-electron chi connectivity index (χ0n) is 17.8. The first kappa shape index (κ1) is 22.6. The Bertz CT molecular complexity index is 1090. The summed E-state index contributed by atoms with van der Waals surface area (Å²) < 4.78 is 1.56. The summed E-state index contributed by atoms with van der Waals surface area (Å²) in [6, 6.07) is 21.0. The van der Waals surface area contributed by atoms with Gasteiger partial charge in [-0.3, -0.25) is 9.59 Å². The number of aryl methyl sites for hydroxylation is 1. The van der Waals surface area contributed by atoms with Crippen LogP contribution in [0.3, 0.4) is 0 Å². The van der Waals surface area contributed by atoms with E-state index < -0.39 is 0 Å². The highest BCUT2D eigenvalue weighted by atomic mass is 16.2. The number of nitriles is 1. The Morgan fingerprint density at radius 1 is 0.969 bits per heavy atom. The zero-order chi connectivity index (χ0) is 22.8. The van der Waals surface area contributed by atoms with Crippen molar-refractivity contribution in [2.45, 2.75) is 25.7 Å². The number of nitrogen functional groups attached to an aromatic ring is 1. The van der Waals surface area contributed by atoms with E-state index in [2.05, 4.69) is 21.8 Å². The number of carbonyl (C=O) groups is 2. The van der Waals surface area contributed by atoms with Crippen molar-refractivity contribution in [3.8, 4) is 11.8 Å². The highest BCUT2D eigenvalue weighted by Crippen LogP contribution is 2.21. The molecule has 0 aliphatic heterocycles. The average Bonchev–Trinajstić information content (AvgIpc) is 3.13. The Hall–Kier alpha value is -4.12. The van der Waals surface area contributed by atoms with Crippen molar-refractivity contribution in [1.82, 2.24) is 20.4 Å². The van der Waals surface area contributed by atoms with E-state index in [1.165, 1.54) is 0 Å². The lowest BCUT2D eigenvalue weighted by atomic mass is 10.1. The first-order chi connectivity index (χ1) is 15.6. The highest BCUT2D eigenvalue weighted by Gasteiger charge is 2.16. The minimum absolute atomic E-state index is 0.111. The van der Waals surface area contributed by atoms with Crippen molar-refractivity contribution in [2.75, 3.05) is 18.8 Å². The van der Waals surface area contributed by atoms with Gasteiger partial charge in [0.2, 0.25) is 11.8 Å². The maximum absolute atomic E-state index is 12.0. The number of rotatable bonds is 10. The molecule has 1 heterocycles. The number of benzene rings is 2. The van der Waals surface area contributed by atoms with Crippen LogP contribution in [-0.4, -0.2) is 34.7 Å². The van der Waals surface area contributed by atoms with Crippen LogP contribution >= 0.6 is 0 Å². The number of nitrogens with zero attached hydrogens (tertiary/aromatic N) is 3. The molecular weight excluding hydrogens is 404 g/mol. The van der Waals surface area contributed by atoms with Gasteiger partial charge < -0.3 is 16.4 Å². The predicted octanol–water partition coefficient (Wildman–Crippen LogP) is 2.12. The molecule has 0 radical (unpaired) electrons. The topological polar surface area (TPSA) is 126 Å². The molecule has 0 bridgehead atoms. The summed E-state index contributed by atoms with van der Waals surface area (Å²) in [5, 5.41) is 19.5. The fraction of sp³-hybridized carbons (Fsp3) is 0.250. The third-order valence-corrected chi connectivity index (χ3v) is 4.90. The number of nitrogens with one attached hydrogen (secondary N) is 2. The van der Waals surface area contributed by atoms with Crippen molar-refractivity contribution in [3.63, 3.8) is 0 Å². The van der Waals surface area contributed by atoms with Gasteiger partial charge in [0, 0.05) is 19.5 Å². The predicted molar refractivity (Wildman–Crippen MR) is 122 cm³/mol. The number of hydrogen-bond donors (Lipinski definition) is 3. The summed E-state index contributed by atoms with van der Waals surface area (Å²) in [5.74, 6) is 0.0588. The van der Waals surface area contributed by atoms with E-state index in [4.69, 9.17) is 5.73 Å². The van der Waals surface area contributed by atoms with Crippen LogP contribution in [0.1, 0.15) is 29.7 Å². The van der Waals surface area contributed by atoms with Crippen LogP contribution in [0.15, 0.2) is 60.7 Å². The number of para-hydroxylation sites is 1. The number of aromatic nitrogens is 2. The van der Waals surface area contributed by atoms with Gasteiger partial charge in [0.25, 0.3) is 0 Å². The molecule has 2 amide bonds. The summed E-state index contributed by atoms with van der Waals surface area (Å²) in [6.45, 7) is 0.730. The second kappa shape index (κ2) is 11.3. The minimum atomic E-state index is -0.139. The van der Waals surface area contributed by atoms with Crippen molar-refractivity contribution in [2.24, 2.45) is 0 Å². The second-order valence-corrected chi connectivity index (χ2v) is 7.28. The molecule has 2 aromatic carbocycles. The molecule has 0 spiro atoms. The summed E-state index contributed by atoms with van der Waals surface area (Å²) in [6.07, 6.45) is 1.63. The molecule has 0 aliphatic carbocycles. The van der Waals surface area contributed by atoms with E-state index in [0.29, 0.717) is 42.9 Å². The molecule has 4 N–H and O–H groups in total. The van der Waals surface area contributed by atoms with Gasteiger partial charge >= 0.3 is 0 Å². The maximum Gasteiger partial charge on any atom is 0.224 e. The average molecular weight is 431 g/mol. The van der Waals surface area contributed by atoms with Crippen molar-refractivity contribution >= 4 is 17.6 Å². The summed E-state index contributed by atoms with van der Waals surface area (Å²) >= 11 is 0. The van der Waals surface area contributed by atoms with Crippen molar-refractivity contribution in [3.05, 3.63) is 77.5 Å². The number of carbonyl (C=O) groups excluding carboxylic acids is 2. The normalized spacial score (nSPS) is 10.3. The molecule has 1 aromatic heterocycles. The smallest absolute Gasteiger partial charge is 0.224 e. The van der Waals surface area contributed by atoms with E-state index in [9.17, 15) is 14.9 Å². The van der Waals surface area contributed by atoms with Crippen LogP contribution in [0.5, 0.6) is 0 Å². The molecule has 8 nitrogen and oxygen atoms in total. The van der Waals surface area contributed by atoms with E-state index in [-0.39, 0.29) is 24.8 Å². The van der Waals surface area contributed by atoms with Gasteiger partial charge in [-0.05, 0) is 30.5 Å². The molecule has 0 unspecified atom stereocenters. The first-order valence-corrected chi connectivity index (χ1v) is 10.5. The fourth-order valence-electron chi connectivity index (χ4n) is 3.27. The van der Waals surface area contributed by atoms with Crippen LogP contribution in [0.4, 0.5) is 5.82 Å². The van der Waals surface area contributed by atoms with Gasteiger partial charge in [-0.15, -0.1) is 0 Å². The lowest BCUT2D eigenvalue weighted by Crippen LogP contribution is -2.32. The summed E-state index contributed by atoms with van der Waals surface area (Å²) in [5.41, 5.74) is 8.79. The van der Waals surface area contributed by atoms with Crippen molar-refractivity contribution < 1.29 is 9.59 Å². The van der Waals surface area contributed by atoms with Gasteiger partial charge in [0.15, 0.2) is 0 Å². The molecular formula is C24H26N6O2. The largest absolute Gasteiger partial charge is 0.382 e. The Balaban J connectivity index is 1.39. The van der Waals surface area contributed by atoms with E-state index in [1.807, 2.05) is 60.7 Å². The lowest BCUT2D eigenvalue weighted by molar-refractivity contribution is -0.122. The maximum atomic E-state index is 12.0. The molecule has 0 saturated carbocycles. The molecule has 0 saturated heterocycles. The van der Waals surface area contributed by atoms with Gasteiger partial charge in [-0.25, -0.2) is 4.68 Å².